The molecule has 35 heavy (non-hydrogen) atoms. The molecule has 0 saturated carbocycles. The summed E-state index contributed by atoms with van der Waals surface area (Å²) in [6.45, 7) is 8.13. The van der Waals surface area contributed by atoms with Crippen LogP contribution in [0.25, 0.3) is 5.57 Å². The Morgan fingerprint density at radius 2 is 1.37 bits per heavy atom. The van der Waals surface area contributed by atoms with Crippen molar-refractivity contribution in [3.63, 3.8) is 0 Å². The second-order valence-corrected chi connectivity index (χ2v) is 9.92. The maximum Gasteiger partial charge on any atom is 0.420 e. The van der Waals surface area contributed by atoms with Crippen LogP contribution in [-0.4, -0.2) is 38.9 Å². The molecule has 194 valence electrons. The Labute approximate surface area is 200 Å². The molecule has 0 aliphatic heterocycles. The maximum absolute atomic E-state index is 13.3. The average molecular weight is 505 g/mol. The Morgan fingerprint density at radius 1 is 0.800 bits per heavy atom. The molecule has 0 radical (unpaired) electrons. The van der Waals surface area contributed by atoms with E-state index in [1.165, 1.54) is 12.1 Å². The lowest BCUT2D eigenvalue weighted by atomic mass is 9.75. The van der Waals surface area contributed by atoms with E-state index in [9.17, 15) is 41.7 Å². The normalized spacial score (nSPS) is 17.1. The third-order valence-electron chi connectivity index (χ3n) is 6.36. The highest BCUT2D eigenvalue weighted by atomic mass is 19.4. The average Bonchev–Trinajstić information content (AvgIpc) is 2.67. The molecule has 2 atom stereocenters. The monoisotopic (exact) mass is 504 g/mol. The third-order valence-corrected chi connectivity index (χ3v) is 6.36. The van der Waals surface area contributed by atoms with Crippen molar-refractivity contribution in [3.05, 3.63) is 70.3 Å². The minimum Gasteiger partial charge on any atom is -0.508 e. The van der Waals surface area contributed by atoms with Gasteiger partial charge in [-0.2, -0.15) is 26.3 Å². The number of benzene rings is 2. The summed E-state index contributed by atoms with van der Waals surface area (Å²) >= 11 is 0. The SMILES string of the molecule is Cc1cc(C(C)(C)c2ccc(/C(=C/C(C)(O)C(F)(F)F)CC(C)(O)C(F)(F)F)cc2C)ccc1O. The van der Waals surface area contributed by atoms with E-state index < -0.39 is 41.0 Å². The molecular weight excluding hydrogens is 474 g/mol. The van der Waals surface area contributed by atoms with Gasteiger partial charge >= 0.3 is 12.4 Å². The number of halogens is 6. The van der Waals surface area contributed by atoms with Crippen molar-refractivity contribution in [1.82, 2.24) is 0 Å². The number of phenolic OH excluding ortho intramolecular Hbond substituents is 1. The van der Waals surface area contributed by atoms with Crippen molar-refractivity contribution in [2.24, 2.45) is 0 Å². The van der Waals surface area contributed by atoms with Crippen molar-refractivity contribution < 1.29 is 41.7 Å². The number of hydrogen-bond acceptors (Lipinski definition) is 3. The van der Waals surface area contributed by atoms with E-state index in [0.717, 1.165) is 11.1 Å². The van der Waals surface area contributed by atoms with Crippen LogP contribution >= 0.6 is 0 Å². The highest BCUT2D eigenvalue weighted by Crippen LogP contribution is 2.42. The van der Waals surface area contributed by atoms with E-state index in [4.69, 9.17) is 0 Å². The van der Waals surface area contributed by atoms with Crippen LogP contribution in [0.5, 0.6) is 5.75 Å². The van der Waals surface area contributed by atoms with Crippen LogP contribution in [0.2, 0.25) is 0 Å². The number of aromatic hydroxyl groups is 1. The summed E-state index contributed by atoms with van der Waals surface area (Å²) in [6.07, 6.45) is -11.1. The van der Waals surface area contributed by atoms with Gasteiger partial charge in [0.2, 0.25) is 0 Å². The van der Waals surface area contributed by atoms with Gasteiger partial charge in [0, 0.05) is 11.8 Å². The smallest absolute Gasteiger partial charge is 0.420 e. The molecule has 2 aromatic carbocycles. The zero-order valence-electron chi connectivity index (χ0n) is 20.4. The molecule has 3 nitrogen and oxygen atoms in total. The first-order valence-electron chi connectivity index (χ1n) is 10.8. The first-order valence-corrected chi connectivity index (χ1v) is 10.8. The zero-order valence-corrected chi connectivity index (χ0v) is 20.4. The van der Waals surface area contributed by atoms with Crippen molar-refractivity contribution in [3.8, 4) is 5.75 Å². The topological polar surface area (TPSA) is 60.7 Å². The van der Waals surface area contributed by atoms with Crippen LogP contribution in [-0.2, 0) is 5.41 Å². The number of phenols is 1. The summed E-state index contributed by atoms with van der Waals surface area (Å²) in [6, 6.07) is 9.51. The molecule has 3 N–H and O–H groups in total. The van der Waals surface area contributed by atoms with Gasteiger partial charge in [0.15, 0.2) is 11.2 Å². The Kier molecular flexibility index (Phi) is 7.52. The molecule has 0 amide bonds. The van der Waals surface area contributed by atoms with Crippen LogP contribution in [0.15, 0.2) is 42.5 Å². The van der Waals surface area contributed by atoms with Crippen LogP contribution in [0.1, 0.15) is 61.9 Å². The lowest BCUT2D eigenvalue weighted by Crippen LogP contribution is -2.43. The number of hydrogen-bond donors (Lipinski definition) is 3. The van der Waals surface area contributed by atoms with Gasteiger partial charge in [-0.3, -0.25) is 0 Å². The highest BCUT2D eigenvalue weighted by Gasteiger charge is 2.52. The van der Waals surface area contributed by atoms with E-state index in [1.54, 1.807) is 38.1 Å². The van der Waals surface area contributed by atoms with Crippen molar-refractivity contribution in [2.45, 2.75) is 76.9 Å². The second-order valence-electron chi connectivity index (χ2n) is 9.92. The fraction of sp³-hybridized carbons (Fsp3) is 0.462. The molecule has 9 heteroatoms. The number of aliphatic hydroxyl groups is 2. The molecular formula is C26H30F6O3. The maximum atomic E-state index is 13.3. The molecule has 2 unspecified atom stereocenters. The number of aryl methyl sites for hydroxylation is 2. The molecule has 0 aliphatic rings. The second kappa shape index (κ2) is 9.17. The van der Waals surface area contributed by atoms with E-state index >= 15 is 0 Å². The minimum absolute atomic E-state index is 0.0120. The van der Waals surface area contributed by atoms with Gasteiger partial charge in [-0.25, -0.2) is 0 Å². The van der Waals surface area contributed by atoms with E-state index in [0.29, 0.717) is 31.1 Å². The van der Waals surface area contributed by atoms with Crippen LogP contribution in [0, 0.1) is 13.8 Å². The molecule has 0 spiro atoms. The molecule has 0 bridgehead atoms. The van der Waals surface area contributed by atoms with Crippen LogP contribution in [0.3, 0.4) is 0 Å². The summed E-state index contributed by atoms with van der Waals surface area (Å²) in [5, 5.41) is 29.8. The van der Waals surface area contributed by atoms with E-state index in [1.807, 2.05) is 13.8 Å². The first kappa shape index (κ1) is 28.7. The Bertz CT molecular complexity index is 1110. The van der Waals surface area contributed by atoms with Crippen molar-refractivity contribution in [2.75, 3.05) is 0 Å². The zero-order chi connectivity index (χ0) is 27.2. The molecule has 0 fully saturated rings. The first-order chi connectivity index (χ1) is 15.6. The largest absolute Gasteiger partial charge is 0.508 e. The van der Waals surface area contributed by atoms with Gasteiger partial charge in [0.05, 0.1) is 0 Å². The van der Waals surface area contributed by atoms with Gasteiger partial charge in [-0.05, 0) is 73.2 Å². The summed E-state index contributed by atoms with van der Waals surface area (Å²) in [4.78, 5) is 0. The van der Waals surface area contributed by atoms with Gasteiger partial charge in [0.25, 0.3) is 0 Å². The standard InChI is InChI=1S/C26H30F6O3/c1-15-11-17(7-9-20(15)22(3,4)19-8-10-21(33)16(2)12-19)18(13-23(5,34)25(27,28)29)14-24(6,35)26(30,31)32/h7-13,33-35H,14H2,1-6H3/b18-13+. The molecule has 0 saturated heterocycles. The summed E-state index contributed by atoms with van der Waals surface area (Å²) in [7, 11) is 0. The van der Waals surface area contributed by atoms with Gasteiger partial charge in [0.1, 0.15) is 5.75 Å². The molecule has 0 aliphatic carbocycles. The lowest BCUT2D eigenvalue weighted by Gasteiger charge is -2.31. The van der Waals surface area contributed by atoms with E-state index in [2.05, 4.69) is 0 Å². The third kappa shape index (κ3) is 6.01. The quantitative estimate of drug-likeness (QED) is 0.382. The summed E-state index contributed by atoms with van der Waals surface area (Å²) in [5.41, 5.74) is -4.99. The number of rotatable bonds is 6. The molecule has 0 heterocycles. The molecule has 2 aromatic rings. The van der Waals surface area contributed by atoms with Gasteiger partial charge < -0.3 is 15.3 Å². The Balaban J connectivity index is 2.64. The summed E-state index contributed by atoms with van der Waals surface area (Å²) in [5.74, 6) is 0.125. The van der Waals surface area contributed by atoms with Crippen molar-refractivity contribution in [1.29, 1.82) is 0 Å². The van der Waals surface area contributed by atoms with Gasteiger partial charge in [-0.15, -0.1) is 0 Å². The van der Waals surface area contributed by atoms with Crippen LogP contribution < -0.4 is 0 Å². The minimum atomic E-state index is -5.14. The van der Waals surface area contributed by atoms with E-state index in [-0.39, 0.29) is 11.3 Å². The fourth-order valence-electron chi connectivity index (χ4n) is 3.89. The predicted octanol–water partition coefficient (Wildman–Crippen LogP) is 6.74. The summed E-state index contributed by atoms with van der Waals surface area (Å²) < 4.78 is 80.0. The lowest BCUT2D eigenvalue weighted by molar-refractivity contribution is -0.250. The Morgan fingerprint density at radius 3 is 1.83 bits per heavy atom. The van der Waals surface area contributed by atoms with Gasteiger partial charge in [-0.1, -0.05) is 44.2 Å². The molecule has 2 rings (SSSR count). The highest BCUT2D eigenvalue weighted by molar-refractivity contribution is 5.69. The Hall–Kier alpha value is -2.52. The fourth-order valence-corrected chi connectivity index (χ4v) is 3.89. The van der Waals surface area contributed by atoms with Crippen molar-refractivity contribution >= 4 is 5.57 Å². The molecule has 0 aromatic heterocycles. The number of alkyl halides is 6. The predicted molar refractivity (Wildman–Crippen MR) is 122 cm³/mol. The van der Waals surface area contributed by atoms with Crippen LogP contribution in [0.4, 0.5) is 26.3 Å².